The monoisotopic (exact) mass is 181 g/mol. The highest BCUT2D eigenvalue weighted by Gasteiger charge is 2.17. The van der Waals surface area contributed by atoms with Crippen molar-refractivity contribution in [3.05, 3.63) is 12.3 Å². The second-order valence-corrected chi connectivity index (χ2v) is 3.73. The fourth-order valence-electron chi connectivity index (χ4n) is 1.67. The van der Waals surface area contributed by atoms with Crippen LogP contribution in [0.5, 0.6) is 0 Å². The third-order valence-electron chi connectivity index (χ3n) is 2.54. The van der Waals surface area contributed by atoms with Crippen LogP contribution in [-0.4, -0.2) is 23.8 Å². The number of Topliss-reactive ketones (excluding diaryl/α,β-unsaturated/α-hetero) is 1. The Balaban J connectivity index is 2.26. The Morgan fingerprint density at radius 3 is 2.85 bits per heavy atom. The van der Waals surface area contributed by atoms with Gasteiger partial charge in [0, 0.05) is 31.6 Å². The van der Waals surface area contributed by atoms with Gasteiger partial charge < -0.3 is 4.90 Å². The molecule has 0 N–H and O–H groups in total. The lowest BCUT2D eigenvalue weighted by atomic mass is 10.1. The Kier molecular flexibility index (Phi) is 4.00. The highest BCUT2D eigenvalue weighted by atomic mass is 16.1. The smallest absolute Gasteiger partial charge is 0.140 e. The van der Waals surface area contributed by atoms with Gasteiger partial charge in [0.15, 0.2) is 0 Å². The number of rotatable bonds is 4. The average molecular weight is 181 g/mol. The van der Waals surface area contributed by atoms with Crippen LogP contribution in [0.2, 0.25) is 0 Å². The third-order valence-corrected chi connectivity index (χ3v) is 2.54. The van der Waals surface area contributed by atoms with E-state index in [1.54, 1.807) is 0 Å². The molecule has 1 aliphatic rings. The second kappa shape index (κ2) is 5.05. The number of ketones is 1. The molecule has 0 aromatic rings. The summed E-state index contributed by atoms with van der Waals surface area (Å²) in [5.74, 6) is 0.344. The van der Waals surface area contributed by atoms with Crippen molar-refractivity contribution < 1.29 is 4.79 Å². The zero-order valence-corrected chi connectivity index (χ0v) is 8.51. The number of piperidine rings is 1. The topological polar surface area (TPSA) is 20.3 Å². The molecule has 0 unspecified atom stereocenters. The van der Waals surface area contributed by atoms with Crippen LogP contribution >= 0.6 is 0 Å². The van der Waals surface area contributed by atoms with Gasteiger partial charge in [-0.3, -0.25) is 4.79 Å². The quantitative estimate of drug-likeness (QED) is 0.620. The summed E-state index contributed by atoms with van der Waals surface area (Å²) in [4.78, 5) is 13.3. The van der Waals surface area contributed by atoms with Crippen molar-refractivity contribution in [2.24, 2.45) is 0 Å². The van der Waals surface area contributed by atoms with E-state index in [4.69, 9.17) is 0 Å². The van der Waals surface area contributed by atoms with Gasteiger partial charge in [0.25, 0.3) is 0 Å². The van der Waals surface area contributed by atoms with E-state index >= 15 is 0 Å². The van der Waals surface area contributed by atoms with Crippen LogP contribution in [0.1, 0.15) is 39.0 Å². The van der Waals surface area contributed by atoms with E-state index in [0.717, 1.165) is 18.8 Å². The summed E-state index contributed by atoms with van der Waals surface area (Å²) in [6, 6.07) is 0. The normalized spacial score (nSPS) is 18.1. The molecule has 1 saturated heterocycles. The lowest BCUT2D eigenvalue weighted by Crippen LogP contribution is -2.32. The van der Waals surface area contributed by atoms with Crippen molar-refractivity contribution in [3.8, 4) is 0 Å². The van der Waals surface area contributed by atoms with E-state index in [2.05, 4.69) is 18.4 Å². The molecule has 0 aromatic carbocycles. The van der Waals surface area contributed by atoms with Crippen LogP contribution in [-0.2, 0) is 4.79 Å². The molecule has 0 aromatic heterocycles. The van der Waals surface area contributed by atoms with Gasteiger partial charge in [0.2, 0.25) is 0 Å². The first kappa shape index (κ1) is 10.3. The first-order chi connectivity index (χ1) is 6.24. The molecule has 0 aliphatic carbocycles. The van der Waals surface area contributed by atoms with Gasteiger partial charge in [0.1, 0.15) is 5.78 Å². The van der Waals surface area contributed by atoms with Crippen LogP contribution < -0.4 is 0 Å². The summed E-state index contributed by atoms with van der Waals surface area (Å²) >= 11 is 0. The summed E-state index contributed by atoms with van der Waals surface area (Å²) < 4.78 is 0. The molecule has 74 valence electrons. The van der Waals surface area contributed by atoms with Crippen LogP contribution in [0.3, 0.4) is 0 Å². The molecule has 0 radical (unpaired) electrons. The van der Waals surface area contributed by atoms with E-state index in [1.165, 1.54) is 19.3 Å². The fourth-order valence-corrected chi connectivity index (χ4v) is 1.67. The Labute approximate surface area is 80.6 Å². The zero-order valence-electron chi connectivity index (χ0n) is 8.51. The van der Waals surface area contributed by atoms with Gasteiger partial charge in [-0.1, -0.05) is 26.3 Å². The SMILES string of the molecule is C=C1CC(=O)CCN1CCCCC. The number of hydrogen-bond donors (Lipinski definition) is 0. The van der Waals surface area contributed by atoms with Crippen LogP contribution in [0.15, 0.2) is 12.3 Å². The van der Waals surface area contributed by atoms with Crippen molar-refractivity contribution in [3.63, 3.8) is 0 Å². The van der Waals surface area contributed by atoms with Gasteiger partial charge in [0.05, 0.1) is 0 Å². The maximum absolute atomic E-state index is 11.1. The average Bonchev–Trinajstić information content (AvgIpc) is 2.09. The highest BCUT2D eigenvalue weighted by molar-refractivity contribution is 5.81. The molecule has 0 spiro atoms. The van der Waals surface area contributed by atoms with E-state index in [9.17, 15) is 4.79 Å². The van der Waals surface area contributed by atoms with Crippen molar-refractivity contribution >= 4 is 5.78 Å². The Morgan fingerprint density at radius 1 is 1.46 bits per heavy atom. The predicted octanol–water partition coefficient (Wildman–Crippen LogP) is 2.36. The third kappa shape index (κ3) is 3.21. The van der Waals surface area contributed by atoms with E-state index in [0.29, 0.717) is 18.6 Å². The molecule has 0 atom stereocenters. The molecule has 1 heterocycles. The number of nitrogens with zero attached hydrogens (tertiary/aromatic N) is 1. The van der Waals surface area contributed by atoms with E-state index in [-0.39, 0.29) is 0 Å². The number of unbranched alkanes of at least 4 members (excludes halogenated alkanes) is 2. The minimum Gasteiger partial charge on any atom is -0.374 e. The molecule has 13 heavy (non-hydrogen) atoms. The fraction of sp³-hybridized carbons (Fsp3) is 0.727. The largest absolute Gasteiger partial charge is 0.374 e. The zero-order chi connectivity index (χ0) is 9.68. The molecule has 1 rings (SSSR count). The number of carbonyl (C=O) groups excluding carboxylic acids is 1. The van der Waals surface area contributed by atoms with Gasteiger partial charge in [-0.2, -0.15) is 0 Å². The van der Waals surface area contributed by atoms with Crippen molar-refractivity contribution in [2.75, 3.05) is 13.1 Å². The summed E-state index contributed by atoms with van der Waals surface area (Å²) in [7, 11) is 0. The maximum atomic E-state index is 11.1. The van der Waals surface area contributed by atoms with Crippen LogP contribution in [0, 0.1) is 0 Å². The maximum Gasteiger partial charge on any atom is 0.140 e. The van der Waals surface area contributed by atoms with Gasteiger partial charge in [-0.15, -0.1) is 0 Å². The van der Waals surface area contributed by atoms with Crippen molar-refractivity contribution in [2.45, 2.75) is 39.0 Å². The van der Waals surface area contributed by atoms with Crippen molar-refractivity contribution in [1.29, 1.82) is 0 Å². The second-order valence-electron chi connectivity index (χ2n) is 3.73. The Morgan fingerprint density at radius 2 is 2.23 bits per heavy atom. The van der Waals surface area contributed by atoms with Crippen molar-refractivity contribution in [1.82, 2.24) is 4.90 Å². The summed E-state index contributed by atoms with van der Waals surface area (Å²) in [6.07, 6.45) is 5.04. The summed E-state index contributed by atoms with van der Waals surface area (Å²) in [5, 5.41) is 0. The minimum atomic E-state index is 0.344. The molecular weight excluding hydrogens is 162 g/mol. The molecule has 0 saturated carbocycles. The predicted molar refractivity (Wildman–Crippen MR) is 54.5 cm³/mol. The Bertz CT molecular complexity index is 198. The molecule has 2 heteroatoms. The molecule has 1 aliphatic heterocycles. The first-order valence-electron chi connectivity index (χ1n) is 5.18. The number of allylic oxidation sites excluding steroid dienone is 1. The van der Waals surface area contributed by atoms with Crippen LogP contribution in [0.4, 0.5) is 0 Å². The summed E-state index contributed by atoms with van der Waals surface area (Å²) in [5.41, 5.74) is 1.02. The standard InChI is InChI=1S/C11H19NO/c1-3-4-5-7-12-8-6-11(13)9-10(12)2/h2-9H2,1H3. The first-order valence-corrected chi connectivity index (χ1v) is 5.18. The molecule has 1 fully saturated rings. The summed E-state index contributed by atoms with van der Waals surface area (Å²) in [6.45, 7) is 8.11. The molecular formula is C11H19NO. The van der Waals surface area contributed by atoms with E-state index < -0.39 is 0 Å². The van der Waals surface area contributed by atoms with Gasteiger partial charge >= 0.3 is 0 Å². The number of hydrogen-bond acceptors (Lipinski definition) is 2. The van der Waals surface area contributed by atoms with Gasteiger partial charge in [-0.05, 0) is 6.42 Å². The number of likely N-dealkylation sites (tertiary alicyclic amines) is 1. The van der Waals surface area contributed by atoms with Gasteiger partial charge in [-0.25, -0.2) is 0 Å². The van der Waals surface area contributed by atoms with Crippen LogP contribution in [0.25, 0.3) is 0 Å². The Hall–Kier alpha value is -0.790. The molecule has 0 bridgehead atoms. The van der Waals surface area contributed by atoms with E-state index in [1.807, 2.05) is 0 Å². The molecule has 2 nitrogen and oxygen atoms in total. The number of carbonyl (C=O) groups is 1. The lowest BCUT2D eigenvalue weighted by Gasteiger charge is -2.30. The highest BCUT2D eigenvalue weighted by Crippen LogP contribution is 2.16. The molecule has 0 amide bonds. The lowest BCUT2D eigenvalue weighted by molar-refractivity contribution is -0.120. The minimum absolute atomic E-state index is 0.344.